The third-order valence-electron chi connectivity index (χ3n) is 2.46. The molecule has 17 heavy (non-hydrogen) atoms. The van der Waals surface area contributed by atoms with Crippen molar-refractivity contribution in [3.63, 3.8) is 0 Å². The zero-order valence-electron chi connectivity index (χ0n) is 9.46. The van der Waals surface area contributed by atoms with Crippen molar-refractivity contribution in [1.29, 1.82) is 0 Å². The van der Waals surface area contributed by atoms with Gasteiger partial charge in [0.05, 0.1) is 0 Å². The number of aromatic nitrogens is 2. The van der Waals surface area contributed by atoms with E-state index in [4.69, 9.17) is 23.2 Å². The summed E-state index contributed by atoms with van der Waals surface area (Å²) in [5.41, 5.74) is 2.72. The third-order valence-corrected chi connectivity index (χ3v) is 3.25. The van der Waals surface area contributed by atoms with Gasteiger partial charge < -0.3 is 5.32 Å². The minimum absolute atomic E-state index is 0.445. The van der Waals surface area contributed by atoms with E-state index in [1.165, 1.54) is 6.33 Å². The third kappa shape index (κ3) is 2.68. The fourth-order valence-electron chi connectivity index (χ4n) is 1.36. The molecule has 0 spiro atoms. The Morgan fingerprint density at radius 1 is 1.12 bits per heavy atom. The van der Waals surface area contributed by atoms with Crippen molar-refractivity contribution in [2.75, 3.05) is 5.32 Å². The molecule has 0 bridgehead atoms. The van der Waals surface area contributed by atoms with E-state index in [1.807, 2.05) is 32.0 Å². The molecule has 0 unspecified atom stereocenters. The lowest BCUT2D eigenvalue weighted by Gasteiger charge is -2.09. The molecule has 2 aromatic rings. The Hall–Kier alpha value is -1.32. The summed E-state index contributed by atoms with van der Waals surface area (Å²) in [4.78, 5) is 8.04. The van der Waals surface area contributed by atoms with Crippen molar-refractivity contribution in [2.24, 2.45) is 0 Å². The van der Waals surface area contributed by atoms with E-state index in [-0.39, 0.29) is 0 Å². The highest BCUT2D eigenvalue weighted by molar-refractivity contribution is 6.31. The maximum absolute atomic E-state index is 6.05. The van der Waals surface area contributed by atoms with Gasteiger partial charge in [0.15, 0.2) is 0 Å². The molecule has 0 aliphatic heterocycles. The number of rotatable bonds is 2. The molecular formula is C12H11Cl2N3. The highest BCUT2D eigenvalue weighted by Gasteiger charge is 2.05. The van der Waals surface area contributed by atoms with Crippen LogP contribution in [0.1, 0.15) is 11.1 Å². The lowest BCUT2D eigenvalue weighted by atomic mass is 10.2. The first-order valence-corrected chi connectivity index (χ1v) is 5.84. The topological polar surface area (TPSA) is 37.8 Å². The maximum atomic E-state index is 6.05. The van der Waals surface area contributed by atoms with Crippen molar-refractivity contribution in [2.45, 2.75) is 13.8 Å². The van der Waals surface area contributed by atoms with Gasteiger partial charge in [0.25, 0.3) is 0 Å². The largest absolute Gasteiger partial charge is 0.340 e. The van der Waals surface area contributed by atoms with Crippen molar-refractivity contribution in [3.8, 4) is 0 Å². The standard InChI is InChI=1S/C12H11Cl2N3/c1-7-3-4-9(5-10(7)13)17-12-8(2)11(14)15-6-16-12/h3-6H,1-2H3,(H,15,16,17). The first-order valence-electron chi connectivity index (χ1n) is 5.08. The maximum Gasteiger partial charge on any atom is 0.138 e. The Bertz CT molecular complexity index is 555. The summed E-state index contributed by atoms with van der Waals surface area (Å²) in [5, 5.41) is 4.32. The van der Waals surface area contributed by atoms with E-state index in [0.717, 1.165) is 16.8 Å². The Balaban J connectivity index is 2.31. The first kappa shape index (κ1) is 12.1. The van der Waals surface area contributed by atoms with Crippen LogP contribution in [0.25, 0.3) is 0 Å². The highest BCUT2D eigenvalue weighted by Crippen LogP contribution is 2.25. The van der Waals surface area contributed by atoms with Crippen LogP contribution in [0.2, 0.25) is 10.2 Å². The highest BCUT2D eigenvalue weighted by atomic mass is 35.5. The summed E-state index contributed by atoms with van der Waals surface area (Å²) >= 11 is 12.0. The van der Waals surface area contributed by atoms with Crippen LogP contribution in [0.3, 0.4) is 0 Å². The molecule has 0 aliphatic carbocycles. The van der Waals surface area contributed by atoms with E-state index in [0.29, 0.717) is 16.0 Å². The van der Waals surface area contributed by atoms with Crippen molar-refractivity contribution in [1.82, 2.24) is 9.97 Å². The fourth-order valence-corrected chi connectivity index (χ4v) is 1.68. The molecule has 0 radical (unpaired) electrons. The molecule has 0 fully saturated rings. The van der Waals surface area contributed by atoms with Crippen LogP contribution in [-0.4, -0.2) is 9.97 Å². The van der Waals surface area contributed by atoms with Gasteiger partial charge in [-0.25, -0.2) is 9.97 Å². The number of hydrogen-bond acceptors (Lipinski definition) is 3. The number of aryl methyl sites for hydroxylation is 1. The summed E-state index contributed by atoms with van der Waals surface area (Å²) in [6, 6.07) is 5.74. The van der Waals surface area contributed by atoms with E-state index in [2.05, 4.69) is 15.3 Å². The Kier molecular flexibility index (Phi) is 3.50. The van der Waals surface area contributed by atoms with Crippen LogP contribution in [0.4, 0.5) is 11.5 Å². The van der Waals surface area contributed by atoms with Gasteiger partial charge in [-0.2, -0.15) is 0 Å². The Morgan fingerprint density at radius 2 is 1.88 bits per heavy atom. The summed E-state index contributed by atoms with van der Waals surface area (Å²) in [7, 11) is 0. The van der Waals surface area contributed by atoms with Crippen LogP contribution in [-0.2, 0) is 0 Å². The molecule has 0 saturated heterocycles. The SMILES string of the molecule is Cc1ccc(Nc2ncnc(Cl)c2C)cc1Cl. The van der Waals surface area contributed by atoms with Gasteiger partial charge in [-0.3, -0.25) is 0 Å². The summed E-state index contributed by atoms with van der Waals surface area (Å²) < 4.78 is 0. The number of halogens is 2. The molecule has 2 rings (SSSR count). The van der Waals surface area contributed by atoms with Crippen molar-refractivity contribution in [3.05, 3.63) is 45.8 Å². The predicted molar refractivity (Wildman–Crippen MR) is 71.3 cm³/mol. The predicted octanol–water partition coefficient (Wildman–Crippen LogP) is 4.14. The molecule has 1 N–H and O–H groups in total. The van der Waals surface area contributed by atoms with Gasteiger partial charge in [-0.15, -0.1) is 0 Å². The van der Waals surface area contributed by atoms with Crippen molar-refractivity contribution < 1.29 is 0 Å². The lowest BCUT2D eigenvalue weighted by Crippen LogP contribution is -1.98. The second-order valence-corrected chi connectivity index (χ2v) is 4.49. The average molecular weight is 268 g/mol. The molecule has 0 atom stereocenters. The smallest absolute Gasteiger partial charge is 0.138 e. The summed E-state index contributed by atoms with van der Waals surface area (Å²) in [5.74, 6) is 0.685. The quantitative estimate of drug-likeness (QED) is 0.831. The minimum atomic E-state index is 0.445. The first-order chi connectivity index (χ1) is 8.08. The minimum Gasteiger partial charge on any atom is -0.340 e. The summed E-state index contributed by atoms with van der Waals surface area (Å²) in [6.07, 6.45) is 1.42. The second kappa shape index (κ2) is 4.90. The van der Waals surface area contributed by atoms with Gasteiger partial charge in [-0.1, -0.05) is 29.3 Å². The Labute approximate surface area is 110 Å². The number of benzene rings is 1. The van der Waals surface area contributed by atoms with Crippen LogP contribution in [0.15, 0.2) is 24.5 Å². The van der Waals surface area contributed by atoms with E-state index >= 15 is 0 Å². The molecule has 1 heterocycles. The van der Waals surface area contributed by atoms with Crippen LogP contribution >= 0.6 is 23.2 Å². The van der Waals surface area contributed by atoms with Crippen LogP contribution < -0.4 is 5.32 Å². The van der Waals surface area contributed by atoms with E-state index < -0.39 is 0 Å². The molecule has 5 heteroatoms. The molecule has 88 valence electrons. The van der Waals surface area contributed by atoms with Gasteiger partial charge in [0, 0.05) is 16.3 Å². The average Bonchev–Trinajstić information content (AvgIpc) is 2.30. The monoisotopic (exact) mass is 267 g/mol. The van der Waals surface area contributed by atoms with Gasteiger partial charge in [0.1, 0.15) is 17.3 Å². The van der Waals surface area contributed by atoms with Gasteiger partial charge >= 0.3 is 0 Å². The number of hydrogen-bond donors (Lipinski definition) is 1. The fraction of sp³-hybridized carbons (Fsp3) is 0.167. The normalized spacial score (nSPS) is 10.4. The molecule has 1 aromatic heterocycles. The molecule has 0 saturated carbocycles. The van der Waals surface area contributed by atoms with Crippen LogP contribution in [0, 0.1) is 13.8 Å². The zero-order chi connectivity index (χ0) is 12.4. The van der Waals surface area contributed by atoms with E-state index in [1.54, 1.807) is 0 Å². The number of nitrogens with zero attached hydrogens (tertiary/aromatic N) is 2. The number of nitrogens with one attached hydrogen (secondary N) is 1. The summed E-state index contributed by atoms with van der Waals surface area (Å²) in [6.45, 7) is 3.82. The molecule has 1 aromatic carbocycles. The van der Waals surface area contributed by atoms with Crippen LogP contribution in [0.5, 0.6) is 0 Å². The van der Waals surface area contributed by atoms with Gasteiger partial charge in [-0.05, 0) is 31.5 Å². The molecule has 0 amide bonds. The second-order valence-electron chi connectivity index (χ2n) is 3.73. The van der Waals surface area contributed by atoms with Crippen molar-refractivity contribution >= 4 is 34.7 Å². The van der Waals surface area contributed by atoms with Gasteiger partial charge in [0.2, 0.25) is 0 Å². The molecular weight excluding hydrogens is 257 g/mol. The molecule has 0 aliphatic rings. The lowest BCUT2D eigenvalue weighted by molar-refractivity contribution is 1.13. The van der Waals surface area contributed by atoms with E-state index in [9.17, 15) is 0 Å². The Morgan fingerprint density at radius 3 is 2.59 bits per heavy atom. The number of anilines is 2. The zero-order valence-corrected chi connectivity index (χ0v) is 11.0. The molecule has 3 nitrogen and oxygen atoms in total.